The summed E-state index contributed by atoms with van der Waals surface area (Å²) in [5.74, 6) is 1.07. The maximum absolute atomic E-state index is 11.5. The van der Waals surface area contributed by atoms with Crippen LogP contribution >= 0.6 is 0 Å². The molecule has 2 fully saturated rings. The van der Waals surface area contributed by atoms with E-state index in [1.54, 1.807) is 12.1 Å². The maximum Gasteiger partial charge on any atom is 0.203 e. The molecule has 1 spiro atoms. The summed E-state index contributed by atoms with van der Waals surface area (Å²) in [4.78, 5) is 11.5. The molecule has 1 aliphatic carbocycles. The summed E-state index contributed by atoms with van der Waals surface area (Å²) < 4.78 is 23.0. The van der Waals surface area contributed by atoms with E-state index in [4.69, 9.17) is 18.9 Å². The van der Waals surface area contributed by atoms with Crippen LogP contribution in [0, 0.1) is 0 Å². The van der Waals surface area contributed by atoms with Gasteiger partial charge in [-0.15, -0.1) is 0 Å². The van der Waals surface area contributed by atoms with Crippen molar-refractivity contribution in [3.05, 3.63) is 23.8 Å². The number of ether oxygens (including phenoxy) is 4. The summed E-state index contributed by atoms with van der Waals surface area (Å²) in [5, 5.41) is 0. The number of fused-ring (bicyclic) bond motifs is 1. The first-order valence-corrected chi connectivity index (χ1v) is 7.99. The van der Waals surface area contributed by atoms with Crippen LogP contribution in [-0.4, -0.2) is 37.5 Å². The molecule has 5 nitrogen and oxygen atoms in total. The van der Waals surface area contributed by atoms with Crippen LogP contribution in [0.1, 0.15) is 42.5 Å². The number of hydrogen-bond acceptors (Lipinski definition) is 5. The molecule has 4 rings (SSSR count). The average molecular weight is 304 g/mol. The number of Topliss-reactive ketones (excluding diaryl/α,β-unsaturated/α-hetero) is 1. The fourth-order valence-corrected chi connectivity index (χ4v) is 3.41. The summed E-state index contributed by atoms with van der Waals surface area (Å²) in [5.41, 5.74) is 0.642. The van der Waals surface area contributed by atoms with Crippen molar-refractivity contribution in [2.45, 2.75) is 44.0 Å². The van der Waals surface area contributed by atoms with Crippen LogP contribution in [0.25, 0.3) is 0 Å². The largest absolute Gasteiger partial charge is 0.493 e. The lowest BCUT2D eigenvalue weighted by atomic mass is 10.1. The molecule has 1 saturated heterocycles. The minimum Gasteiger partial charge on any atom is -0.493 e. The lowest BCUT2D eigenvalue weighted by Gasteiger charge is -2.21. The Morgan fingerprint density at radius 3 is 3.00 bits per heavy atom. The summed E-state index contributed by atoms with van der Waals surface area (Å²) in [6.07, 6.45) is 5.33. The molecule has 0 bridgehead atoms. The highest BCUT2D eigenvalue weighted by Gasteiger charge is 2.43. The highest BCUT2D eigenvalue weighted by atomic mass is 16.7. The van der Waals surface area contributed by atoms with Gasteiger partial charge in [0.25, 0.3) is 0 Å². The van der Waals surface area contributed by atoms with E-state index >= 15 is 0 Å². The Labute approximate surface area is 129 Å². The molecular weight excluding hydrogens is 284 g/mol. The highest BCUT2D eigenvalue weighted by molar-refractivity contribution is 6.02. The van der Waals surface area contributed by atoms with Gasteiger partial charge in [0.05, 0.1) is 24.9 Å². The van der Waals surface area contributed by atoms with Crippen LogP contribution in [-0.2, 0) is 9.47 Å². The molecule has 0 amide bonds. The predicted molar refractivity (Wildman–Crippen MR) is 78.4 cm³/mol. The quantitative estimate of drug-likeness (QED) is 0.856. The van der Waals surface area contributed by atoms with Crippen LogP contribution in [0.2, 0.25) is 0 Å². The fraction of sp³-hybridized carbons (Fsp3) is 0.588. The Hall–Kier alpha value is -1.59. The molecule has 1 atom stereocenters. The normalized spacial score (nSPS) is 25.5. The second-order valence-electron chi connectivity index (χ2n) is 6.18. The zero-order valence-corrected chi connectivity index (χ0v) is 12.5. The van der Waals surface area contributed by atoms with E-state index in [1.807, 2.05) is 6.07 Å². The first-order valence-electron chi connectivity index (χ1n) is 7.99. The maximum atomic E-state index is 11.5. The van der Waals surface area contributed by atoms with Gasteiger partial charge in [-0.1, -0.05) is 0 Å². The van der Waals surface area contributed by atoms with Gasteiger partial charge < -0.3 is 18.9 Å². The van der Waals surface area contributed by atoms with Crippen LogP contribution in [0.4, 0.5) is 0 Å². The fourth-order valence-electron chi connectivity index (χ4n) is 3.41. The molecule has 1 saturated carbocycles. The van der Waals surface area contributed by atoms with Crippen LogP contribution in [0.5, 0.6) is 11.5 Å². The number of carbonyl (C=O) groups is 1. The topological polar surface area (TPSA) is 54.0 Å². The summed E-state index contributed by atoms with van der Waals surface area (Å²) in [7, 11) is 0. The third-order valence-electron chi connectivity index (χ3n) is 4.60. The van der Waals surface area contributed by atoms with E-state index in [-0.39, 0.29) is 24.3 Å². The Morgan fingerprint density at radius 1 is 1.27 bits per heavy atom. The Bertz CT molecular complexity index is 576. The molecule has 1 aromatic rings. The summed E-state index contributed by atoms with van der Waals surface area (Å²) >= 11 is 0. The van der Waals surface area contributed by atoms with E-state index in [0.717, 1.165) is 25.0 Å². The third-order valence-corrected chi connectivity index (χ3v) is 4.60. The molecule has 1 unspecified atom stereocenters. The van der Waals surface area contributed by atoms with Crippen molar-refractivity contribution in [2.24, 2.45) is 0 Å². The van der Waals surface area contributed by atoms with Gasteiger partial charge in [-0.3, -0.25) is 4.79 Å². The number of hydrogen-bond donors (Lipinski definition) is 0. The molecule has 118 valence electrons. The lowest BCUT2D eigenvalue weighted by Crippen LogP contribution is -2.26. The molecule has 2 heterocycles. The van der Waals surface area contributed by atoms with Crippen molar-refractivity contribution in [3.8, 4) is 11.5 Å². The predicted octanol–water partition coefficient (Wildman–Crippen LogP) is 2.72. The molecule has 0 aromatic heterocycles. The molecular formula is C17H20O5. The van der Waals surface area contributed by atoms with E-state index < -0.39 is 0 Å². The first-order chi connectivity index (χ1) is 10.7. The first kappa shape index (κ1) is 14.0. The van der Waals surface area contributed by atoms with Crippen molar-refractivity contribution >= 4 is 5.78 Å². The molecule has 0 radical (unpaired) electrons. The SMILES string of the molecule is O=C1COc2cc(OCCC3COC4(CCCC4)O3)ccc21. The van der Waals surface area contributed by atoms with E-state index in [9.17, 15) is 4.79 Å². The third kappa shape index (κ3) is 2.59. The van der Waals surface area contributed by atoms with Crippen molar-refractivity contribution in [1.82, 2.24) is 0 Å². The standard InChI is InChI=1S/C17H20O5/c18-15-11-20-16-9-12(3-4-14(15)16)19-8-5-13-10-21-17(22-13)6-1-2-7-17/h3-4,9,13H,1-2,5-8,10-11H2. The smallest absolute Gasteiger partial charge is 0.203 e. The minimum absolute atomic E-state index is 0.0277. The van der Waals surface area contributed by atoms with E-state index in [0.29, 0.717) is 24.5 Å². The summed E-state index contributed by atoms with van der Waals surface area (Å²) in [6, 6.07) is 5.36. The van der Waals surface area contributed by atoms with Gasteiger partial charge in [0.1, 0.15) is 11.5 Å². The van der Waals surface area contributed by atoms with Gasteiger partial charge in [0, 0.05) is 25.3 Å². The molecule has 5 heteroatoms. The average Bonchev–Trinajstić information content (AvgIpc) is 3.23. The molecule has 1 aromatic carbocycles. The molecule has 22 heavy (non-hydrogen) atoms. The molecule has 3 aliphatic rings. The Kier molecular flexibility index (Phi) is 3.54. The van der Waals surface area contributed by atoms with Gasteiger partial charge >= 0.3 is 0 Å². The van der Waals surface area contributed by atoms with Gasteiger partial charge in [-0.2, -0.15) is 0 Å². The Morgan fingerprint density at radius 2 is 2.14 bits per heavy atom. The van der Waals surface area contributed by atoms with Gasteiger partial charge in [0.2, 0.25) is 5.78 Å². The highest BCUT2D eigenvalue weighted by Crippen LogP contribution is 2.39. The minimum atomic E-state index is -0.299. The lowest BCUT2D eigenvalue weighted by molar-refractivity contribution is -0.162. The number of carbonyl (C=O) groups excluding carboxylic acids is 1. The van der Waals surface area contributed by atoms with Crippen LogP contribution in [0.15, 0.2) is 18.2 Å². The van der Waals surface area contributed by atoms with Crippen LogP contribution in [0.3, 0.4) is 0 Å². The molecule has 2 aliphatic heterocycles. The van der Waals surface area contributed by atoms with Crippen molar-refractivity contribution in [1.29, 1.82) is 0 Å². The zero-order valence-electron chi connectivity index (χ0n) is 12.5. The van der Waals surface area contributed by atoms with Gasteiger partial charge in [-0.25, -0.2) is 0 Å². The van der Waals surface area contributed by atoms with Crippen molar-refractivity contribution in [2.75, 3.05) is 19.8 Å². The Balaban J connectivity index is 1.28. The number of rotatable bonds is 4. The monoisotopic (exact) mass is 304 g/mol. The zero-order chi connectivity index (χ0) is 15.0. The number of ketones is 1. The second-order valence-corrected chi connectivity index (χ2v) is 6.18. The second kappa shape index (κ2) is 5.56. The van der Waals surface area contributed by atoms with Gasteiger partial charge in [0.15, 0.2) is 12.4 Å². The van der Waals surface area contributed by atoms with E-state index in [2.05, 4.69) is 0 Å². The van der Waals surface area contributed by atoms with Crippen molar-refractivity contribution < 1.29 is 23.7 Å². The van der Waals surface area contributed by atoms with Crippen molar-refractivity contribution in [3.63, 3.8) is 0 Å². The number of benzene rings is 1. The summed E-state index contributed by atoms with van der Waals surface area (Å²) in [6.45, 7) is 1.36. The van der Waals surface area contributed by atoms with Gasteiger partial charge in [-0.05, 0) is 25.0 Å². The molecule has 0 N–H and O–H groups in total. The van der Waals surface area contributed by atoms with Crippen LogP contribution < -0.4 is 9.47 Å². The van der Waals surface area contributed by atoms with E-state index in [1.165, 1.54) is 12.8 Å².